The number of carbonyl (C=O) groups is 1. The molecule has 6 nitrogen and oxygen atoms in total. The van der Waals surface area contributed by atoms with Crippen LogP contribution in [0.25, 0.3) is 0 Å². The van der Waals surface area contributed by atoms with E-state index in [1.54, 1.807) is 38.5 Å². The van der Waals surface area contributed by atoms with Crippen molar-refractivity contribution in [3.63, 3.8) is 0 Å². The molecule has 146 valence electrons. The quantitative estimate of drug-likeness (QED) is 0.643. The second-order valence-electron chi connectivity index (χ2n) is 6.68. The topological polar surface area (TPSA) is 66.0 Å². The summed E-state index contributed by atoms with van der Waals surface area (Å²) in [5, 5.41) is 2.90. The molecule has 2 rings (SSSR count). The Hall–Kier alpha value is -2.57. The molecular formula is C21H27NO5. The van der Waals surface area contributed by atoms with Crippen LogP contribution in [-0.2, 0) is 14.3 Å². The number of carbonyl (C=O) groups excluding carboxylic acids is 1. The summed E-state index contributed by atoms with van der Waals surface area (Å²) in [7, 11) is 3.12. The van der Waals surface area contributed by atoms with E-state index >= 15 is 0 Å². The second-order valence-corrected chi connectivity index (χ2v) is 6.68. The number of methoxy groups -OCH3 is 2. The largest absolute Gasteiger partial charge is 0.492 e. The van der Waals surface area contributed by atoms with Gasteiger partial charge in [-0.3, -0.25) is 4.79 Å². The zero-order valence-corrected chi connectivity index (χ0v) is 16.2. The Bertz CT molecular complexity index is 696. The highest BCUT2D eigenvalue weighted by Crippen LogP contribution is 2.23. The van der Waals surface area contributed by atoms with Crippen LogP contribution in [0.2, 0.25) is 0 Å². The maximum Gasteiger partial charge on any atom is 0.233 e. The van der Waals surface area contributed by atoms with E-state index in [1.807, 2.05) is 44.2 Å². The number of amides is 1. The third-order valence-electron chi connectivity index (χ3n) is 3.98. The van der Waals surface area contributed by atoms with Gasteiger partial charge in [0.1, 0.15) is 24.7 Å². The first-order chi connectivity index (χ1) is 12.9. The summed E-state index contributed by atoms with van der Waals surface area (Å²) in [6.07, 6.45) is -0.412. The zero-order valence-electron chi connectivity index (χ0n) is 16.2. The first kappa shape index (κ1) is 20.7. The molecule has 6 heteroatoms. The molecule has 1 N–H and O–H groups in total. The SMILES string of the molecule is COC(COc1ccc(OCC(C)(C)C(=O)Nc2ccccc2)cc1)OC. The Balaban J connectivity index is 1.84. The van der Waals surface area contributed by atoms with Crippen LogP contribution in [0.3, 0.4) is 0 Å². The van der Waals surface area contributed by atoms with Crippen molar-refractivity contribution in [1.29, 1.82) is 0 Å². The van der Waals surface area contributed by atoms with Gasteiger partial charge in [0, 0.05) is 19.9 Å². The molecule has 0 aliphatic heterocycles. The van der Waals surface area contributed by atoms with Crippen molar-refractivity contribution in [3.05, 3.63) is 54.6 Å². The molecule has 0 aromatic heterocycles. The van der Waals surface area contributed by atoms with Crippen LogP contribution >= 0.6 is 0 Å². The number of ether oxygens (including phenoxy) is 4. The van der Waals surface area contributed by atoms with Crippen molar-refractivity contribution in [3.8, 4) is 11.5 Å². The van der Waals surface area contributed by atoms with Gasteiger partial charge in [0.25, 0.3) is 0 Å². The monoisotopic (exact) mass is 373 g/mol. The maximum atomic E-state index is 12.5. The molecule has 0 radical (unpaired) electrons. The lowest BCUT2D eigenvalue weighted by Gasteiger charge is -2.24. The molecule has 0 saturated heterocycles. The summed E-state index contributed by atoms with van der Waals surface area (Å²) < 4.78 is 21.5. The number of anilines is 1. The first-order valence-electron chi connectivity index (χ1n) is 8.72. The van der Waals surface area contributed by atoms with Crippen molar-refractivity contribution < 1.29 is 23.7 Å². The summed E-state index contributed by atoms with van der Waals surface area (Å²) in [5.41, 5.74) is 0.0808. The molecule has 2 aromatic carbocycles. The molecular weight excluding hydrogens is 346 g/mol. The van der Waals surface area contributed by atoms with Gasteiger partial charge in [-0.25, -0.2) is 0 Å². The molecule has 0 unspecified atom stereocenters. The fourth-order valence-corrected chi connectivity index (χ4v) is 2.18. The lowest BCUT2D eigenvalue weighted by Crippen LogP contribution is -2.36. The lowest BCUT2D eigenvalue weighted by atomic mass is 9.93. The van der Waals surface area contributed by atoms with Gasteiger partial charge in [0.15, 0.2) is 6.29 Å². The van der Waals surface area contributed by atoms with Gasteiger partial charge in [-0.1, -0.05) is 18.2 Å². The van der Waals surface area contributed by atoms with E-state index < -0.39 is 11.7 Å². The van der Waals surface area contributed by atoms with Crippen molar-refractivity contribution in [2.45, 2.75) is 20.1 Å². The van der Waals surface area contributed by atoms with Crippen LogP contribution in [0.5, 0.6) is 11.5 Å². The molecule has 0 atom stereocenters. The van der Waals surface area contributed by atoms with Crippen LogP contribution in [0.1, 0.15) is 13.8 Å². The van der Waals surface area contributed by atoms with Gasteiger partial charge in [-0.05, 0) is 50.2 Å². The predicted octanol–water partition coefficient (Wildman–Crippen LogP) is 3.73. The molecule has 1 amide bonds. The first-order valence-corrected chi connectivity index (χ1v) is 8.72. The number of hydrogen-bond acceptors (Lipinski definition) is 5. The van der Waals surface area contributed by atoms with Crippen LogP contribution < -0.4 is 14.8 Å². The molecule has 0 fully saturated rings. The lowest BCUT2D eigenvalue weighted by molar-refractivity contribution is -0.125. The van der Waals surface area contributed by atoms with E-state index in [0.29, 0.717) is 18.1 Å². The standard InChI is InChI=1S/C21H27NO5/c1-21(2,20(23)22-16-8-6-5-7-9-16)15-27-18-12-10-17(11-13-18)26-14-19(24-3)25-4/h5-13,19H,14-15H2,1-4H3,(H,22,23). The number of benzene rings is 2. The Morgan fingerprint density at radius 2 is 1.48 bits per heavy atom. The fourth-order valence-electron chi connectivity index (χ4n) is 2.18. The van der Waals surface area contributed by atoms with Gasteiger partial charge in [-0.2, -0.15) is 0 Å². The summed E-state index contributed by atoms with van der Waals surface area (Å²) in [6.45, 7) is 4.23. The molecule has 27 heavy (non-hydrogen) atoms. The Morgan fingerprint density at radius 1 is 0.926 bits per heavy atom. The summed E-state index contributed by atoms with van der Waals surface area (Å²) in [6, 6.07) is 16.6. The van der Waals surface area contributed by atoms with E-state index in [0.717, 1.165) is 5.69 Å². The number of hydrogen-bond donors (Lipinski definition) is 1. The van der Waals surface area contributed by atoms with E-state index in [2.05, 4.69) is 5.32 Å². The molecule has 0 aliphatic rings. The van der Waals surface area contributed by atoms with Gasteiger partial charge >= 0.3 is 0 Å². The Morgan fingerprint density at radius 3 is 2.04 bits per heavy atom. The average Bonchev–Trinajstić information content (AvgIpc) is 2.69. The Labute approximate surface area is 160 Å². The minimum absolute atomic E-state index is 0.0983. The highest BCUT2D eigenvalue weighted by atomic mass is 16.7. The van der Waals surface area contributed by atoms with Crippen LogP contribution in [0, 0.1) is 5.41 Å². The van der Waals surface area contributed by atoms with Gasteiger partial charge in [-0.15, -0.1) is 0 Å². The average molecular weight is 373 g/mol. The van der Waals surface area contributed by atoms with Crippen molar-refractivity contribution in [2.24, 2.45) is 5.41 Å². The summed E-state index contributed by atoms with van der Waals surface area (Å²) in [5.74, 6) is 1.25. The fraction of sp³-hybridized carbons (Fsp3) is 0.381. The van der Waals surface area contributed by atoms with Gasteiger partial charge in [0.05, 0.1) is 5.41 Å². The summed E-state index contributed by atoms with van der Waals surface area (Å²) >= 11 is 0. The van der Waals surface area contributed by atoms with Crippen molar-refractivity contribution in [1.82, 2.24) is 0 Å². The van der Waals surface area contributed by atoms with E-state index in [4.69, 9.17) is 18.9 Å². The van der Waals surface area contributed by atoms with E-state index in [-0.39, 0.29) is 12.5 Å². The molecule has 0 spiro atoms. The third-order valence-corrected chi connectivity index (χ3v) is 3.98. The normalized spacial score (nSPS) is 11.3. The maximum absolute atomic E-state index is 12.5. The number of nitrogens with one attached hydrogen (secondary N) is 1. The second kappa shape index (κ2) is 9.94. The highest BCUT2D eigenvalue weighted by Gasteiger charge is 2.28. The van der Waals surface area contributed by atoms with Crippen molar-refractivity contribution in [2.75, 3.05) is 32.8 Å². The molecule has 2 aromatic rings. The zero-order chi connectivity index (χ0) is 19.7. The smallest absolute Gasteiger partial charge is 0.233 e. The van der Waals surface area contributed by atoms with Gasteiger partial charge in [0.2, 0.25) is 5.91 Å². The van der Waals surface area contributed by atoms with Crippen LogP contribution in [-0.4, -0.2) is 39.6 Å². The molecule has 0 saturated carbocycles. The van der Waals surface area contributed by atoms with Gasteiger partial charge < -0.3 is 24.3 Å². The Kier molecular flexibility index (Phi) is 7.64. The van der Waals surface area contributed by atoms with E-state index in [1.165, 1.54) is 0 Å². The minimum Gasteiger partial charge on any atom is -0.492 e. The third kappa shape index (κ3) is 6.58. The minimum atomic E-state index is -0.685. The predicted molar refractivity (Wildman–Crippen MR) is 104 cm³/mol. The highest BCUT2D eigenvalue weighted by molar-refractivity contribution is 5.94. The van der Waals surface area contributed by atoms with Crippen LogP contribution in [0.4, 0.5) is 5.69 Å². The molecule has 0 heterocycles. The molecule has 0 aliphatic carbocycles. The summed E-state index contributed by atoms with van der Waals surface area (Å²) in [4.78, 5) is 12.5. The molecule has 0 bridgehead atoms. The van der Waals surface area contributed by atoms with Crippen LogP contribution in [0.15, 0.2) is 54.6 Å². The van der Waals surface area contributed by atoms with E-state index in [9.17, 15) is 4.79 Å². The number of rotatable bonds is 10. The number of para-hydroxylation sites is 1. The van der Waals surface area contributed by atoms with Crippen molar-refractivity contribution >= 4 is 11.6 Å².